The van der Waals surface area contributed by atoms with Gasteiger partial charge in [0.15, 0.2) is 0 Å². The lowest BCUT2D eigenvalue weighted by Gasteiger charge is -2.33. The molecule has 22 heavy (non-hydrogen) atoms. The largest absolute Gasteiger partial charge is 0.339 e. The van der Waals surface area contributed by atoms with Crippen LogP contribution in [-0.2, 0) is 0 Å². The highest BCUT2D eigenvalue weighted by Gasteiger charge is 2.26. The van der Waals surface area contributed by atoms with E-state index in [-0.39, 0.29) is 5.91 Å². The van der Waals surface area contributed by atoms with Crippen LogP contribution < -0.4 is 5.32 Å². The second kappa shape index (κ2) is 7.05. The molecule has 0 unspecified atom stereocenters. The molecule has 2 fully saturated rings. The Balaban J connectivity index is 1.56. The van der Waals surface area contributed by atoms with Crippen LogP contribution in [0.15, 0.2) is 23.1 Å². The first-order chi connectivity index (χ1) is 10.7. The molecule has 4 heteroatoms. The molecule has 1 N–H and O–H groups in total. The molecule has 1 aliphatic carbocycles. The molecule has 2 aliphatic rings. The van der Waals surface area contributed by atoms with Crippen molar-refractivity contribution < 1.29 is 4.79 Å². The number of likely N-dealkylation sites (tertiary alicyclic amines) is 1. The van der Waals surface area contributed by atoms with Crippen LogP contribution in [0.3, 0.4) is 0 Å². The third kappa shape index (κ3) is 3.85. The van der Waals surface area contributed by atoms with Gasteiger partial charge in [0.25, 0.3) is 5.91 Å². The molecule has 1 aliphatic heterocycles. The van der Waals surface area contributed by atoms with Gasteiger partial charge in [-0.3, -0.25) is 4.79 Å². The van der Waals surface area contributed by atoms with E-state index in [0.717, 1.165) is 47.9 Å². The summed E-state index contributed by atoms with van der Waals surface area (Å²) in [4.78, 5) is 16.0. The number of thioether (sulfide) groups is 1. The second-order valence-corrected chi connectivity index (χ2v) is 7.48. The number of hydrogen-bond acceptors (Lipinski definition) is 3. The minimum absolute atomic E-state index is 0.203. The molecule has 0 bridgehead atoms. The van der Waals surface area contributed by atoms with Gasteiger partial charge in [0.1, 0.15) is 0 Å². The van der Waals surface area contributed by atoms with E-state index in [0.29, 0.717) is 6.04 Å². The molecule has 0 spiro atoms. The number of nitrogens with zero attached hydrogens (tertiary/aromatic N) is 1. The van der Waals surface area contributed by atoms with E-state index in [4.69, 9.17) is 0 Å². The summed E-state index contributed by atoms with van der Waals surface area (Å²) in [6.07, 6.45) is 7.01. The normalized spacial score (nSPS) is 19.5. The second-order valence-electron chi connectivity index (χ2n) is 6.60. The van der Waals surface area contributed by atoms with Crippen LogP contribution in [0.5, 0.6) is 0 Å². The molecule has 3 nitrogen and oxygen atoms in total. The van der Waals surface area contributed by atoms with Gasteiger partial charge in [-0.15, -0.1) is 11.8 Å². The van der Waals surface area contributed by atoms with E-state index in [1.807, 2.05) is 17.9 Å². The van der Waals surface area contributed by atoms with Crippen molar-refractivity contribution in [2.24, 2.45) is 5.92 Å². The van der Waals surface area contributed by atoms with Crippen molar-refractivity contribution >= 4 is 17.7 Å². The average molecular weight is 318 g/mol. The zero-order valence-electron chi connectivity index (χ0n) is 13.6. The molecule has 3 rings (SSSR count). The zero-order chi connectivity index (χ0) is 15.5. The van der Waals surface area contributed by atoms with Gasteiger partial charge >= 0.3 is 0 Å². The SMILES string of the molecule is CSc1ccc(C)c(C(=O)N2CCC(NCC3CC3)CC2)c1. The molecular weight excluding hydrogens is 292 g/mol. The van der Waals surface area contributed by atoms with Crippen LogP contribution >= 0.6 is 11.8 Å². The van der Waals surface area contributed by atoms with Crippen molar-refractivity contribution in [3.05, 3.63) is 29.3 Å². The minimum atomic E-state index is 0.203. The lowest BCUT2D eigenvalue weighted by atomic mass is 10.0. The quantitative estimate of drug-likeness (QED) is 0.845. The van der Waals surface area contributed by atoms with Gasteiger partial charge in [-0.1, -0.05) is 6.07 Å². The van der Waals surface area contributed by atoms with E-state index in [1.165, 1.54) is 19.4 Å². The summed E-state index contributed by atoms with van der Waals surface area (Å²) in [7, 11) is 0. The highest BCUT2D eigenvalue weighted by molar-refractivity contribution is 7.98. The molecule has 0 radical (unpaired) electrons. The lowest BCUT2D eigenvalue weighted by Crippen LogP contribution is -2.45. The number of rotatable bonds is 5. The van der Waals surface area contributed by atoms with Crippen LogP contribution in [0.4, 0.5) is 0 Å². The van der Waals surface area contributed by atoms with E-state index >= 15 is 0 Å². The summed E-state index contributed by atoms with van der Waals surface area (Å²) in [5.41, 5.74) is 1.95. The third-order valence-electron chi connectivity index (χ3n) is 4.85. The van der Waals surface area contributed by atoms with E-state index in [9.17, 15) is 4.79 Å². The summed E-state index contributed by atoms with van der Waals surface area (Å²) < 4.78 is 0. The number of carbonyl (C=O) groups excluding carboxylic acids is 1. The van der Waals surface area contributed by atoms with Crippen molar-refractivity contribution in [1.29, 1.82) is 0 Å². The van der Waals surface area contributed by atoms with Crippen molar-refractivity contribution in [2.45, 2.75) is 43.5 Å². The van der Waals surface area contributed by atoms with Crippen molar-refractivity contribution in [3.63, 3.8) is 0 Å². The van der Waals surface area contributed by atoms with Gasteiger partial charge < -0.3 is 10.2 Å². The van der Waals surface area contributed by atoms with Crippen molar-refractivity contribution in [1.82, 2.24) is 10.2 Å². The molecule has 0 aromatic heterocycles. The first-order valence-electron chi connectivity index (χ1n) is 8.34. The fourth-order valence-electron chi connectivity index (χ4n) is 3.07. The van der Waals surface area contributed by atoms with Crippen LogP contribution in [0.25, 0.3) is 0 Å². The Morgan fingerprint density at radius 1 is 1.27 bits per heavy atom. The maximum atomic E-state index is 12.8. The molecule has 1 aromatic carbocycles. The zero-order valence-corrected chi connectivity index (χ0v) is 14.4. The number of nitrogens with one attached hydrogen (secondary N) is 1. The number of amides is 1. The molecule has 1 saturated heterocycles. The van der Waals surface area contributed by atoms with Gasteiger partial charge in [0.2, 0.25) is 0 Å². The van der Waals surface area contributed by atoms with Crippen molar-refractivity contribution in [2.75, 3.05) is 25.9 Å². The molecule has 1 saturated carbocycles. The number of carbonyl (C=O) groups is 1. The summed E-state index contributed by atoms with van der Waals surface area (Å²) >= 11 is 1.69. The predicted molar refractivity (Wildman–Crippen MR) is 92.6 cm³/mol. The molecule has 1 aromatic rings. The summed E-state index contributed by atoms with van der Waals surface area (Å²) in [5.74, 6) is 1.13. The van der Waals surface area contributed by atoms with E-state index in [2.05, 4.69) is 23.7 Å². The van der Waals surface area contributed by atoms with Crippen LogP contribution in [0.2, 0.25) is 0 Å². The third-order valence-corrected chi connectivity index (χ3v) is 5.57. The Labute approximate surface area is 137 Å². The van der Waals surface area contributed by atoms with Crippen LogP contribution in [-0.4, -0.2) is 42.7 Å². The van der Waals surface area contributed by atoms with Crippen LogP contribution in [0.1, 0.15) is 41.6 Å². The Bertz CT molecular complexity index is 534. The lowest BCUT2D eigenvalue weighted by molar-refractivity contribution is 0.0704. The highest BCUT2D eigenvalue weighted by atomic mass is 32.2. The van der Waals surface area contributed by atoms with Crippen molar-refractivity contribution in [3.8, 4) is 0 Å². The van der Waals surface area contributed by atoms with Crippen LogP contribution in [0, 0.1) is 12.8 Å². The first-order valence-corrected chi connectivity index (χ1v) is 9.57. The maximum Gasteiger partial charge on any atom is 0.254 e. The Morgan fingerprint density at radius 2 is 2.00 bits per heavy atom. The predicted octanol–water partition coefficient (Wildman–Crippen LogP) is 3.32. The van der Waals surface area contributed by atoms with Gasteiger partial charge in [-0.2, -0.15) is 0 Å². The monoisotopic (exact) mass is 318 g/mol. The Kier molecular flexibility index (Phi) is 5.09. The van der Waals surface area contributed by atoms with Gasteiger partial charge in [0, 0.05) is 29.6 Å². The molecule has 120 valence electrons. The number of hydrogen-bond donors (Lipinski definition) is 1. The summed E-state index contributed by atoms with van der Waals surface area (Å²) in [6, 6.07) is 6.79. The number of aryl methyl sites for hydroxylation is 1. The number of benzene rings is 1. The molecular formula is C18H26N2OS. The highest BCUT2D eigenvalue weighted by Crippen LogP contribution is 2.28. The topological polar surface area (TPSA) is 32.3 Å². The molecule has 0 atom stereocenters. The van der Waals surface area contributed by atoms with Gasteiger partial charge in [-0.05, 0) is 69.0 Å². The summed E-state index contributed by atoms with van der Waals surface area (Å²) in [6.45, 7) is 4.96. The fraction of sp³-hybridized carbons (Fsp3) is 0.611. The van der Waals surface area contributed by atoms with E-state index < -0.39 is 0 Å². The maximum absolute atomic E-state index is 12.8. The van der Waals surface area contributed by atoms with Gasteiger partial charge in [-0.25, -0.2) is 0 Å². The fourth-order valence-corrected chi connectivity index (χ4v) is 3.51. The molecule has 1 heterocycles. The van der Waals surface area contributed by atoms with Gasteiger partial charge in [0.05, 0.1) is 0 Å². The standard InChI is InChI=1S/C18H26N2OS/c1-13-3-6-16(22-2)11-17(13)18(21)20-9-7-15(8-10-20)19-12-14-4-5-14/h3,6,11,14-15,19H,4-5,7-10,12H2,1-2H3. The first kappa shape index (κ1) is 15.9. The molecule has 1 amide bonds. The Morgan fingerprint density at radius 3 is 2.64 bits per heavy atom. The average Bonchev–Trinajstić information content (AvgIpc) is 3.38. The number of piperidine rings is 1. The Hall–Kier alpha value is -1.00. The minimum Gasteiger partial charge on any atom is -0.339 e. The van der Waals surface area contributed by atoms with E-state index in [1.54, 1.807) is 11.8 Å². The summed E-state index contributed by atoms with van der Waals surface area (Å²) in [5, 5.41) is 3.67. The smallest absolute Gasteiger partial charge is 0.254 e.